The molecular weight excluding hydrogens is 352 g/mol. The van der Waals surface area contributed by atoms with E-state index in [2.05, 4.69) is 0 Å². The van der Waals surface area contributed by atoms with Crippen LogP contribution in [0.3, 0.4) is 0 Å². The number of nitrogens with zero attached hydrogens (tertiary/aromatic N) is 2. The summed E-state index contributed by atoms with van der Waals surface area (Å²) in [6.07, 6.45) is 2.38. The minimum Gasteiger partial charge on any atom is -0.314 e. The lowest BCUT2D eigenvalue weighted by Crippen LogP contribution is -2.56. The second-order valence-corrected chi connectivity index (χ2v) is 8.11. The Morgan fingerprint density at radius 1 is 0.679 bits per heavy atom. The lowest BCUT2D eigenvalue weighted by atomic mass is 9.63. The molecule has 0 radical (unpaired) electrons. The van der Waals surface area contributed by atoms with Crippen molar-refractivity contribution >= 4 is 29.0 Å². The number of para-hydroxylation sites is 2. The van der Waals surface area contributed by atoms with E-state index in [1.165, 1.54) is 0 Å². The predicted molar refractivity (Wildman–Crippen MR) is 107 cm³/mol. The molecule has 0 bridgehead atoms. The van der Waals surface area contributed by atoms with Crippen molar-refractivity contribution in [3.05, 3.63) is 59.7 Å². The molecule has 0 saturated heterocycles. The van der Waals surface area contributed by atoms with E-state index in [1.807, 2.05) is 48.5 Å². The van der Waals surface area contributed by atoms with Crippen LogP contribution in [0.25, 0.3) is 0 Å². The summed E-state index contributed by atoms with van der Waals surface area (Å²) in [5.41, 5.74) is 0.461. The second kappa shape index (κ2) is 5.53. The topological polar surface area (TPSA) is 57.7 Å². The highest BCUT2D eigenvalue weighted by Gasteiger charge is 2.66. The van der Waals surface area contributed by atoms with Gasteiger partial charge in [-0.3, -0.25) is 14.4 Å². The Morgan fingerprint density at radius 2 is 1.07 bits per heavy atom. The van der Waals surface area contributed by atoms with Crippen LogP contribution in [0.5, 0.6) is 0 Å². The van der Waals surface area contributed by atoms with Crippen molar-refractivity contribution in [1.29, 1.82) is 0 Å². The molecule has 5 nitrogen and oxygen atoms in total. The maximum Gasteiger partial charge on any atom is 0.245 e. The molecule has 2 heterocycles. The molecule has 1 saturated carbocycles. The molecule has 0 N–H and O–H groups in total. The molecule has 28 heavy (non-hydrogen) atoms. The van der Waals surface area contributed by atoms with Crippen molar-refractivity contribution in [3.8, 4) is 0 Å². The summed E-state index contributed by atoms with van der Waals surface area (Å²) in [6.45, 7) is 0. The zero-order valence-corrected chi connectivity index (χ0v) is 16.1. The van der Waals surface area contributed by atoms with Crippen LogP contribution in [0.1, 0.15) is 36.8 Å². The van der Waals surface area contributed by atoms with Crippen molar-refractivity contribution in [2.24, 2.45) is 0 Å². The lowest BCUT2D eigenvalue weighted by Gasteiger charge is -2.33. The second-order valence-electron chi connectivity index (χ2n) is 8.11. The van der Waals surface area contributed by atoms with E-state index >= 15 is 0 Å². The van der Waals surface area contributed by atoms with Gasteiger partial charge in [-0.2, -0.15) is 0 Å². The van der Waals surface area contributed by atoms with Gasteiger partial charge in [0, 0.05) is 25.5 Å². The average Bonchev–Trinajstić information content (AvgIpc) is 2.99. The summed E-state index contributed by atoms with van der Waals surface area (Å²) in [4.78, 5) is 44.6. The number of carbonyl (C=O) groups excluding carboxylic acids is 3. The van der Waals surface area contributed by atoms with Crippen LogP contribution >= 0.6 is 0 Å². The molecule has 2 atom stereocenters. The fraction of sp³-hybridized carbons (Fsp3) is 0.348. The molecule has 1 fully saturated rings. The quantitative estimate of drug-likeness (QED) is 0.666. The normalized spacial score (nSPS) is 28.9. The third-order valence-corrected chi connectivity index (χ3v) is 6.92. The van der Waals surface area contributed by atoms with Gasteiger partial charge in [-0.25, -0.2) is 0 Å². The summed E-state index contributed by atoms with van der Waals surface area (Å²) in [7, 11) is 3.44. The number of anilines is 2. The zero-order valence-electron chi connectivity index (χ0n) is 16.1. The summed E-state index contributed by atoms with van der Waals surface area (Å²) in [6, 6.07) is 15.0. The number of benzene rings is 2. The number of ketones is 1. The first-order valence-corrected chi connectivity index (χ1v) is 9.76. The summed E-state index contributed by atoms with van der Waals surface area (Å²) in [5.74, 6) is -0.666. The van der Waals surface area contributed by atoms with Crippen LogP contribution in [-0.2, 0) is 25.2 Å². The van der Waals surface area contributed by atoms with Crippen molar-refractivity contribution in [1.82, 2.24) is 0 Å². The Balaban J connectivity index is 1.80. The van der Waals surface area contributed by atoms with E-state index in [0.29, 0.717) is 12.8 Å². The number of rotatable bonds is 0. The fourth-order valence-electron chi connectivity index (χ4n) is 5.57. The largest absolute Gasteiger partial charge is 0.314 e. The van der Waals surface area contributed by atoms with Gasteiger partial charge in [0.05, 0.1) is 0 Å². The van der Waals surface area contributed by atoms with Crippen molar-refractivity contribution in [2.45, 2.75) is 36.5 Å². The molecular formula is C23H22N2O3. The fourth-order valence-corrected chi connectivity index (χ4v) is 5.57. The Kier molecular flexibility index (Phi) is 3.39. The first-order chi connectivity index (χ1) is 13.5. The number of fused-ring (bicyclic) bond motifs is 4. The molecule has 0 aromatic heterocycles. The predicted octanol–water partition coefficient (Wildman–Crippen LogP) is 2.96. The van der Waals surface area contributed by atoms with Gasteiger partial charge in [0.25, 0.3) is 0 Å². The van der Waals surface area contributed by atoms with Crippen LogP contribution in [0, 0.1) is 0 Å². The molecule has 3 aliphatic rings. The van der Waals surface area contributed by atoms with Gasteiger partial charge in [0.15, 0.2) is 5.78 Å². The van der Waals surface area contributed by atoms with Gasteiger partial charge in [-0.15, -0.1) is 0 Å². The van der Waals surface area contributed by atoms with Crippen molar-refractivity contribution < 1.29 is 14.4 Å². The maximum absolute atomic E-state index is 14.3. The molecule has 0 unspecified atom stereocenters. The number of hydrogen-bond acceptors (Lipinski definition) is 3. The monoisotopic (exact) mass is 374 g/mol. The minimum atomic E-state index is -1.28. The van der Waals surface area contributed by atoms with E-state index in [1.54, 1.807) is 23.9 Å². The van der Waals surface area contributed by atoms with Gasteiger partial charge >= 0.3 is 0 Å². The van der Waals surface area contributed by atoms with E-state index in [-0.39, 0.29) is 17.6 Å². The number of Topliss-reactive ketones (excluding diaryl/α,β-unsaturated/α-hetero) is 1. The Hall–Kier alpha value is -2.95. The third-order valence-electron chi connectivity index (χ3n) is 6.92. The smallest absolute Gasteiger partial charge is 0.245 e. The number of carbonyl (C=O) groups is 3. The van der Waals surface area contributed by atoms with Gasteiger partial charge < -0.3 is 9.80 Å². The number of hydrogen-bond donors (Lipinski definition) is 0. The van der Waals surface area contributed by atoms with E-state index in [9.17, 15) is 14.4 Å². The summed E-state index contributed by atoms with van der Waals surface area (Å²) in [5, 5.41) is 0. The van der Waals surface area contributed by atoms with Crippen LogP contribution in [0.2, 0.25) is 0 Å². The highest BCUT2D eigenvalue weighted by molar-refractivity contribution is 6.32. The highest BCUT2D eigenvalue weighted by Crippen LogP contribution is 2.55. The van der Waals surface area contributed by atoms with Crippen LogP contribution in [-0.4, -0.2) is 31.7 Å². The minimum absolute atomic E-state index is 0.209. The van der Waals surface area contributed by atoms with Crippen molar-refractivity contribution in [2.75, 3.05) is 23.9 Å². The highest BCUT2D eigenvalue weighted by atomic mass is 16.2. The Morgan fingerprint density at radius 3 is 1.50 bits per heavy atom. The van der Waals surface area contributed by atoms with Gasteiger partial charge in [-0.1, -0.05) is 49.2 Å². The van der Waals surface area contributed by atoms with E-state index < -0.39 is 10.8 Å². The van der Waals surface area contributed by atoms with Crippen LogP contribution < -0.4 is 9.80 Å². The van der Waals surface area contributed by atoms with Crippen LogP contribution in [0.15, 0.2) is 48.5 Å². The van der Waals surface area contributed by atoms with E-state index in [4.69, 9.17) is 0 Å². The molecule has 2 amide bonds. The third kappa shape index (κ3) is 1.75. The number of likely N-dealkylation sites (N-methyl/N-ethyl adjacent to an activating group) is 2. The number of amides is 2. The zero-order chi connectivity index (χ0) is 19.7. The average molecular weight is 374 g/mol. The Bertz CT molecular complexity index is 964. The van der Waals surface area contributed by atoms with Crippen molar-refractivity contribution in [3.63, 3.8) is 0 Å². The van der Waals surface area contributed by atoms with E-state index in [0.717, 1.165) is 35.3 Å². The molecule has 5 rings (SSSR count). The van der Waals surface area contributed by atoms with Gasteiger partial charge in [0.1, 0.15) is 10.8 Å². The molecule has 142 valence electrons. The maximum atomic E-state index is 14.3. The van der Waals surface area contributed by atoms with Gasteiger partial charge in [0.2, 0.25) is 11.8 Å². The summed E-state index contributed by atoms with van der Waals surface area (Å²) >= 11 is 0. The molecule has 1 aliphatic carbocycles. The molecule has 2 spiro atoms. The standard InChI is InChI=1S/C23H22N2O3/c1-24-17-11-5-3-9-15(17)22(20(24)27)13-7-8-14-23(19(22)26)16-10-4-6-12-18(16)25(2)21(23)28/h3-6,9-12H,7-8,13-14H2,1-2H3/t22-,23-/m0/s1. The first kappa shape index (κ1) is 17.2. The molecule has 2 aromatic carbocycles. The lowest BCUT2D eigenvalue weighted by molar-refractivity contribution is -0.141. The first-order valence-electron chi connectivity index (χ1n) is 9.76. The molecule has 2 aliphatic heterocycles. The van der Waals surface area contributed by atoms with Crippen LogP contribution in [0.4, 0.5) is 11.4 Å². The Labute approximate surface area is 163 Å². The summed E-state index contributed by atoms with van der Waals surface area (Å²) < 4.78 is 0. The molecule has 5 heteroatoms. The SMILES string of the molecule is CN1C(=O)[C@@]2(CCCC[C@@]3(C(=O)N(C)c4ccccc43)C2=O)c2ccccc21. The molecule has 2 aromatic rings. The van der Waals surface area contributed by atoms with Gasteiger partial charge in [-0.05, 0) is 36.1 Å².